The molecule has 1 aromatic heterocycles. The van der Waals surface area contributed by atoms with Gasteiger partial charge >= 0.3 is 0 Å². The van der Waals surface area contributed by atoms with Gasteiger partial charge in [0.15, 0.2) is 5.78 Å². The first-order valence-electron chi connectivity index (χ1n) is 5.88. The standard InChI is InChI=1S/C15H15NO3/c1-18-13-5-3-11(4-6-13)7-15(17)12-8-14(19-2)10-16-9-12/h3-6,8-10H,7H2,1-2H3. The Morgan fingerprint density at radius 1 is 1.05 bits per heavy atom. The maximum atomic E-state index is 12.1. The molecule has 0 atom stereocenters. The van der Waals surface area contributed by atoms with E-state index in [1.54, 1.807) is 32.7 Å². The number of rotatable bonds is 5. The Morgan fingerprint density at radius 2 is 1.74 bits per heavy atom. The molecule has 0 aliphatic heterocycles. The third-order valence-corrected chi connectivity index (χ3v) is 2.79. The molecular weight excluding hydrogens is 242 g/mol. The van der Waals surface area contributed by atoms with Crippen molar-refractivity contribution in [2.45, 2.75) is 6.42 Å². The number of hydrogen-bond donors (Lipinski definition) is 0. The van der Waals surface area contributed by atoms with Gasteiger partial charge in [0.05, 0.1) is 20.4 Å². The largest absolute Gasteiger partial charge is 0.497 e. The van der Waals surface area contributed by atoms with Crippen molar-refractivity contribution >= 4 is 5.78 Å². The zero-order valence-corrected chi connectivity index (χ0v) is 10.9. The minimum absolute atomic E-state index is 0.0107. The van der Waals surface area contributed by atoms with Crippen molar-refractivity contribution in [2.24, 2.45) is 0 Å². The maximum Gasteiger partial charge on any atom is 0.168 e. The first kappa shape index (κ1) is 13.1. The summed E-state index contributed by atoms with van der Waals surface area (Å²) in [6, 6.07) is 9.13. The van der Waals surface area contributed by atoms with Gasteiger partial charge in [-0.15, -0.1) is 0 Å². The van der Waals surface area contributed by atoms with E-state index in [1.165, 1.54) is 0 Å². The predicted octanol–water partition coefficient (Wildman–Crippen LogP) is 2.52. The van der Waals surface area contributed by atoms with Crippen LogP contribution in [0.5, 0.6) is 11.5 Å². The molecule has 0 spiro atoms. The van der Waals surface area contributed by atoms with Crippen LogP contribution in [0.2, 0.25) is 0 Å². The van der Waals surface area contributed by atoms with Gasteiger partial charge in [-0.05, 0) is 23.8 Å². The van der Waals surface area contributed by atoms with E-state index in [0.717, 1.165) is 11.3 Å². The number of aromatic nitrogens is 1. The molecule has 98 valence electrons. The van der Waals surface area contributed by atoms with Crippen LogP contribution in [0.4, 0.5) is 0 Å². The second kappa shape index (κ2) is 6.00. The third kappa shape index (κ3) is 3.31. The van der Waals surface area contributed by atoms with E-state index in [0.29, 0.717) is 17.7 Å². The minimum Gasteiger partial charge on any atom is -0.497 e. The summed E-state index contributed by atoms with van der Waals surface area (Å²) in [5.41, 5.74) is 1.49. The van der Waals surface area contributed by atoms with E-state index in [2.05, 4.69) is 4.98 Å². The van der Waals surface area contributed by atoms with Gasteiger partial charge in [-0.25, -0.2) is 0 Å². The molecule has 0 N–H and O–H groups in total. The lowest BCUT2D eigenvalue weighted by molar-refractivity contribution is 0.0992. The first-order valence-corrected chi connectivity index (χ1v) is 5.88. The van der Waals surface area contributed by atoms with Gasteiger partial charge in [-0.3, -0.25) is 9.78 Å². The highest BCUT2D eigenvalue weighted by atomic mass is 16.5. The zero-order chi connectivity index (χ0) is 13.7. The number of nitrogens with zero attached hydrogens (tertiary/aromatic N) is 1. The second-order valence-corrected chi connectivity index (χ2v) is 4.06. The van der Waals surface area contributed by atoms with E-state index < -0.39 is 0 Å². The number of ether oxygens (including phenoxy) is 2. The Morgan fingerprint density at radius 3 is 2.37 bits per heavy atom. The highest BCUT2D eigenvalue weighted by Gasteiger charge is 2.08. The van der Waals surface area contributed by atoms with Gasteiger partial charge in [0.25, 0.3) is 0 Å². The molecule has 0 unspecified atom stereocenters. The molecule has 19 heavy (non-hydrogen) atoms. The van der Waals surface area contributed by atoms with Crippen molar-refractivity contribution in [3.63, 3.8) is 0 Å². The molecular formula is C15H15NO3. The van der Waals surface area contributed by atoms with Crippen molar-refractivity contribution in [2.75, 3.05) is 14.2 Å². The Hall–Kier alpha value is -2.36. The summed E-state index contributed by atoms with van der Waals surface area (Å²) in [4.78, 5) is 16.1. The van der Waals surface area contributed by atoms with Crippen molar-refractivity contribution in [3.8, 4) is 11.5 Å². The third-order valence-electron chi connectivity index (χ3n) is 2.79. The van der Waals surface area contributed by atoms with Crippen LogP contribution in [0.1, 0.15) is 15.9 Å². The Labute approximate surface area is 112 Å². The number of methoxy groups -OCH3 is 2. The molecule has 2 aromatic rings. The molecule has 4 heteroatoms. The molecule has 0 fully saturated rings. The Bertz CT molecular complexity index is 564. The Kier molecular flexibility index (Phi) is 4.13. The second-order valence-electron chi connectivity index (χ2n) is 4.06. The molecule has 1 aromatic carbocycles. The molecule has 0 radical (unpaired) electrons. The topological polar surface area (TPSA) is 48.4 Å². The van der Waals surface area contributed by atoms with E-state index in [9.17, 15) is 4.79 Å². The molecule has 0 saturated carbocycles. The van der Waals surface area contributed by atoms with Crippen molar-refractivity contribution in [1.82, 2.24) is 4.98 Å². The summed E-state index contributed by atoms with van der Waals surface area (Å²) < 4.78 is 10.1. The summed E-state index contributed by atoms with van der Waals surface area (Å²) in [5.74, 6) is 1.37. The first-order chi connectivity index (χ1) is 9.22. The lowest BCUT2D eigenvalue weighted by Crippen LogP contribution is -2.04. The van der Waals surface area contributed by atoms with Crippen LogP contribution < -0.4 is 9.47 Å². The van der Waals surface area contributed by atoms with Crippen LogP contribution in [-0.2, 0) is 6.42 Å². The van der Waals surface area contributed by atoms with Crippen LogP contribution in [0, 0.1) is 0 Å². The summed E-state index contributed by atoms with van der Waals surface area (Å²) in [6.45, 7) is 0. The number of ketones is 1. The smallest absolute Gasteiger partial charge is 0.168 e. The highest BCUT2D eigenvalue weighted by molar-refractivity contribution is 5.97. The summed E-state index contributed by atoms with van der Waals surface area (Å²) in [6.07, 6.45) is 3.46. The van der Waals surface area contributed by atoms with Crippen LogP contribution >= 0.6 is 0 Å². The fourth-order valence-corrected chi connectivity index (χ4v) is 1.71. The van der Waals surface area contributed by atoms with Crippen LogP contribution in [0.3, 0.4) is 0 Å². The molecule has 0 bridgehead atoms. The summed E-state index contributed by atoms with van der Waals surface area (Å²) in [7, 11) is 3.16. The molecule has 0 aliphatic rings. The van der Waals surface area contributed by atoms with Gasteiger partial charge < -0.3 is 9.47 Å². The van der Waals surface area contributed by atoms with Gasteiger partial charge in [-0.2, -0.15) is 0 Å². The number of benzene rings is 1. The van der Waals surface area contributed by atoms with Crippen LogP contribution in [0.25, 0.3) is 0 Å². The predicted molar refractivity (Wildman–Crippen MR) is 71.8 cm³/mol. The van der Waals surface area contributed by atoms with E-state index >= 15 is 0 Å². The van der Waals surface area contributed by atoms with Crippen LogP contribution in [0.15, 0.2) is 42.7 Å². The lowest BCUT2D eigenvalue weighted by Gasteiger charge is -2.04. The van der Waals surface area contributed by atoms with E-state index in [1.807, 2.05) is 24.3 Å². The van der Waals surface area contributed by atoms with Crippen molar-refractivity contribution < 1.29 is 14.3 Å². The zero-order valence-electron chi connectivity index (χ0n) is 10.9. The lowest BCUT2D eigenvalue weighted by atomic mass is 10.0. The minimum atomic E-state index is 0.0107. The average molecular weight is 257 g/mol. The van der Waals surface area contributed by atoms with Gasteiger partial charge in [0.2, 0.25) is 0 Å². The van der Waals surface area contributed by atoms with Gasteiger partial charge in [0, 0.05) is 18.2 Å². The molecule has 0 amide bonds. The normalized spacial score (nSPS) is 10.0. The van der Waals surface area contributed by atoms with E-state index in [-0.39, 0.29) is 5.78 Å². The maximum absolute atomic E-state index is 12.1. The highest BCUT2D eigenvalue weighted by Crippen LogP contribution is 2.15. The number of carbonyl (C=O) groups is 1. The number of hydrogen-bond acceptors (Lipinski definition) is 4. The monoisotopic (exact) mass is 257 g/mol. The Balaban J connectivity index is 2.11. The van der Waals surface area contributed by atoms with E-state index in [4.69, 9.17) is 9.47 Å². The molecule has 0 aliphatic carbocycles. The SMILES string of the molecule is COc1ccc(CC(=O)c2cncc(OC)c2)cc1. The quantitative estimate of drug-likeness (QED) is 0.772. The number of Topliss-reactive ketones (excluding diaryl/α,β-unsaturated/α-hetero) is 1. The molecule has 2 rings (SSSR count). The van der Waals surface area contributed by atoms with Gasteiger partial charge in [-0.1, -0.05) is 12.1 Å². The summed E-state index contributed by atoms with van der Waals surface area (Å²) in [5, 5.41) is 0. The molecule has 1 heterocycles. The average Bonchev–Trinajstić information content (AvgIpc) is 2.48. The fraction of sp³-hybridized carbons (Fsp3) is 0.200. The fourth-order valence-electron chi connectivity index (χ4n) is 1.71. The molecule has 4 nitrogen and oxygen atoms in total. The van der Waals surface area contributed by atoms with Gasteiger partial charge in [0.1, 0.15) is 11.5 Å². The summed E-state index contributed by atoms with van der Waals surface area (Å²) >= 11 is 0. The van der Waals surface area contributed by atoms with Crippen LogP contribution in [-0.4, -0.2) is 25.0 Å². The number of carbonyl (C=O) groups excluding carboxylic acids is 1. The van der Waals surface area contributed by atoms with Crippen molar-refractivity contribution in [1.29, 1.82) is 0 Å². The van der Waals surface area contributed by atoms with Crippen molar-refractivity contribution in [3.05, 3.63) is 53.9 Å². The number of pyridine rings is 1. The molecule has 0 saturated heterocycles.